The van der Waals surface area contributed by atoms with E-state index in [2.05, 4.69) is 5.32 Å². The number of para-hydroxylation sites is 2. The van der Waals surface area contributed by atoms with Crippen molar-refractivity contribution < 1.29 is 23.9 Å². The Morgan fingerprint density at radius 2 is 1.80 bits per heavy atom. The van der Waals surface area contributed by atoms with Gasteiger partial charge in [-0.05, 0) is 38.1 Å². The Morgan fingerprint density at radius 1 is 1.10 bits per heavy atom. The number of anilines is 1. The number of carbonyl (C=O) groups excluding carboxylic acids is 3. The smallest absolute Gasteiger partial charge is 0.332 e. The minimum atomic E-state index is -0.667. The van der Waals surface area contributed by atoms with Crippen molar-refractivity contribution in [3.63, 3.8) is 0 Å². The fourth-order valence-corrected chi connectivity index (χ4v) is 3.50. The standard InChI is InChI=1S/C22H23N3O5/c1-14-7-9-16(10-8-14)25-15(2)21(27)24(22(25)28)12-20(26)23-11-17-13-29-18-5-3-4-6-19(18)30-17/h3-10,15,17H,11-13H2,1-2H3,(H,23,26)/t15-,17-/m0/s1. The van der Waals surface area contributed by atoms with Crippen molar-refractivity contribution in [1.82, 2.24) is 10.2 Å². The average Bonchev–Trinajstić information content (AvgIpc) is 2.96. The molecule has 0 radical (unpaired) electrons. The van der Waals surface area contributed by atoms with Crippen LogP contribution < -0.4 is 19.7 Å². The Hall–Kier alpha value is -3.55. The predicted molar refractivity (Wildman–Crippen MR) is 110 cm³/mol. The van der Waals surface area contributed by atoms with E-state index in [0.717, 1.165) is 10.5 Å². The van der Waals surface area contributed by atoms with Crippen LogP contribution in [0.3, 0.4) is 0 Å². The van der Waals surface area contributed by atoms with E-state index < -0.39 is 23.9 Å². The number of aryl methyl sites for hydroxylation is 1. The van der Waals surface area contributed by atoms with Crippen molar-refractivity contribution >= 4 is 23.5 Å². The molecule has 2 aliphatic rings. The first-order valence-electron chi connectivity index (χ1n) is 9.80. The predicted octanol–water partition coefficient (Wildman–Crippen LogP) is 2.11. The molecule has 0 unspecified atom stereocenters. The summed E-state index contributed by atoms with van der Waals surface area (Å²) in [5.74, 6) is 0.452. The van der Waals surface area contributed by atoms with Crippen LogP contribution in [0, 0.1) is 6.92 Å². The van der Waals surface area contributed by atoms with E-state index in [1.807, 2.05) is 37.3 Å². The van der Waals surface area contributed by atoms with E-state index in [-0.39, 0.29) is 19.2 Å². The van der Waals surface area contributed by atoms with Gasteiger partial charge >= 0.3 is 6.03 Å². The first-order valence-corrected chi connectivity index (χ1v) is 9.80. The molecule has 1 saturated heterocycles. The maximum absolute atomic E-state index is 12.8. The van der Waals surface area contributed by atoms with E-state index >= 15 is 0 Å². The monoisotopic (exact) mass is 409 g/mol. The van der Waals surface area contributed by atoms with Crippen LogP contribution in [0.25, 0.3) is 0 Å². The molecule has 8 nitrogen and oxygen atoms in total. The van der Waals surface area contributed by atoms with Gasteiger partial charge in [-0.1, -0.05) is 29.8 Å². The van der Waals surface area contributed by atoms with Gasteiger partial charge in [0, 0.05) is 5.69 Å². The van der Waals surface area contributed by atoms with Crippen LogP contribution in [-0.4, -0.2) is 54.6 Å². The number of rotatable bonds is 5. The molecule has 0 aliphatic carbocycles. The number of urea groups is 1. The number of carbonyl (C=O) groups is 3. The van der Waals surface area contributed by atoms with Crippen molar-refractivity contribution in [3.05, 3.63) is 54.1 Å². The molecule has 2 aromatic rings. The highest BCUT2D eigenvalue weighted by molar-refractivity contribution is 6.15. The quantitative estimate of drug-likeness (QED) is 0.765. The summed E-state index contributed by atoms with van der Waals surface area (Å²) < 4.78 is 11.4. The highest BCUT2D eigenvalue weighted by atomic mass is 16.6. The number of benzene rings is 2. The lowest BCUT2D eigenvalue weighted by Gasteiger charge is -2.26. The van der Waals surface area contributed by atoms with Gasteiger partial charge in [0.1, 0.15) is 25.3 Å². The molecule has 1 fully saturated rings. The van der Waals surface area contributed by atoms with Gasteiger partial charge in [0.2, 0.25) is 5.91 Å². The van der Waals surface area contributed by atoms with Gasteiger partial charge in [-0.15, -0.1) is 0 Å². The third-order valence-electron chi connectivity index (χ3n) is 5.16. The van der Waals surface area contributed by atoms with E-state index in [1.54, 1.807) is 25.1 Å². The highest BCUT2D eigenvalue weighted by Gasteiger charge is 2.44. The lowest BCUT2D eigenvalue weighted by Crippen LogP contribution is -2.46. The molecule has 0 bridgehead atoms. The SMILES string of the molecule is Cc1ccc(N2C(=O)N(CC(=O)NC[C@H]3COc4ccccc4O3)C(=O)[C@@H]2C)cc1. The summed E-state index contributed by atoms with van der Waals surface area (Å²) in [4.78, 5) is 40.2. The minimum absolute atomic E-state index is 0.209. The first-order chi connectivity index (χ1) is 14.4. The molecule has 30 heavy (non-hydrogen) atoms. The second-order valence-electron chi connectivity index (χ2n) is 7.39. The van der Waals surface area contributed by atoms with E-state index in [9.17, 15) is 14.4 Å². The first kappa shape index (κ1) is 19.8. The van der Waals surface area contributed by atoms with E-state index in [1.165, 1.54) is 4.90 Å². The highest BCUT2D eigenvalue weighted by Crippen LogP contribution is 2.30. The zero-order valence-electron chi connectivity index (χ0n) is 16.8. The Kier molecular flexibility index (Phi) is 5.31. The molecule has 1 N–H and O–H groups in total. The van der Waals surface area contributed by atoms with Crippen molar-refractivity contribution in [1.29, 1.82) is 0 Å². The Balaban J connectivity index is 1.34. The molecule has 0 aromatic heterocycles. The lowest BCUT2D eigenvalue weighted by atomic mass is 10.2. The van der Waals surface area contributed by atoms with Crippen molar-refractivity contribution in [2.75, 3.05) is 24.6 Å². The molecule has 2 atom stereocenters. The van der Waals surface area contributed by atoms with Gasteiger partial charge < -0.3 is 14.8 Å². The number of nitrogens with zero attached hydrogens (tertiary/aromatic N) is 2. The molecule has 0 saturated carbocycles. The Bertz CT molecular complexity index is 975. The van der Waals surface area contributed by atoms with Crippen molar-refractivity contribution in [2.45, 2.75) is 26.0 Å². The van der Waals surface area contributed by atoms with Crippen LogP contribution in [-0.2, 0) is 9.59 Å². The van der Waals surface area contributed by atoms with Gasteiger partial charge in [0.25, 0.3) is 5.91 Å². The number of hydrogen-bond acceptors (Lipinski definition) is 5. The van der Waals surface area contributed by atoms with Gasteiger partial charge in [-0.2, -0.15) is 0 Å². The number of fused-ring (bicyclic) bond motifs is 1. The third-order valence-corrected chi connectivity index (χ3v) is 5.16. The summed E-state index contributed by atoms with van der Waals surface area (Å²) in [6, 6.07) is 13.5. The minimum Gasteiger partial charge on any atom is -0.486 e. The molecule has 0 spiro atoms. The molecule has 2 aromatic carbocycles. The van der Waals surface area contributed by atoms with Crippen molar-refractivity contribution in [2.24, 2.45) is 0 Å². The fraction of sp³-hybridized carbons (Fsp3) is 0.318. The van der Waals surface area contributed by atoms with E-state index in [0.29, 0.717) is 23.8 Å². The summed E-state index contributed by atoms with van der Waals surface area (Å²) in [6.07, 6.45) is -0.350. The van der Waals surface area contributed by atoms with Crippen molar-refractivity contribution in [3.8, 4) is 11.5 Å². The van der Waals surface area contributed by atoms with Crippen LogP contribution in [0.5, 0.6) is 11.5 Å². The second-order valence-corrected chi connectivity index (χ2v) is 7.39. The number of amides is 4. The lowest BCUT2D eigenvalue weighted by molar-refractivity contribution is -0.132. The van der Waals surface area contributed by atoms with Crippen LogP contribution >= 0.6 is 0 Å². The summed E-state index contributed by atoms with van der Waals surface area (Å²) in [5.41, 5.74) is 1.68. The van der Waals surface area contributed by atoms with Gasteiger partial charge in [-0.3, -0.25) is 19.4 Å². The number of imide groups is 1. The topological polar surface area (TPSA) is 88.2 Å². The number of hydrogen-bond donors (Lipinski definition) is 1. The third kappa shape index (κ3) is 3.80. The van der Waals surface area contributed by atoms with Gasteiger partial charge in [0.05, 0.1) is 6.54 Å². The molecule has 2 aliphatic heterocycles. The molecule has 156 valence electrons. The van der Waals surface area contributed by atoms with Crippen LogP contribution in [0.4, 0.5) is 10.5 Å². The molecular weight excluding hydrogens is 386 g/mol. The molecule has 4 amide bonds. The Morgan fingerprint density at radius 3 is 2.53 bits per heavy atom. The van der Waals surface area contributed by atoms with Gasteiger partial charge in [0.15, 0.2) is 11.5 Å². The summed E-state index contributed by atoms with van der Waals surface area (Å²) in [5, 5.41) is 2.72. The van der Waals surface area contributed by atoms with Crippen LogP contribution in [0.1, 0.15) is 12.5 Å². The maximum Gasteiger partial charge on any atom is 0.332 e. The average molecular weight is 409 g/mol. The van der Waals surface area contributed by atoms with Crippen LogP contribution in [0.15, 0.2) is 48.5 Å². The van der Waals surface area contributed by atoms with Gasteiger partial charge in [-0.25, -0.2) is 4.79 Å². The fourth-order valence-electron chi connectivity index (χ4n) is 3.50. The molecule has 8 heteroatoms. The summed E-state index contributed by atoms with van der Waals surface area (Å²) in [7, 11) is 0. The zero-order valence-corrected chi connectivity index (χ0v) is 16.8. The van der Waals surface area contributed by atoms with Crippen LogP contribution in [0.2, 0.25) is 0 Å². The molecule has 2 heterocycles. The number of nitrogens with one attached hydrogen (secondary N) is 1. The Labute approximate surface area is 174 Å². The second kappa shape index (κ2) is 8.06. The molecular formula is C22H23N3O5. The summed E-state index contributed by atoms with van der Waals surface area (Å²) >= 11 is 0. The van der Waals surface area contributed by atoms with E-state index in [4.69, 9.17) is 9.47 Å². The summed E-state index contributed by atoms with van der Waals surface area (Å²) in [6.45, 7) is 3.77. The zero-order chi connectivity index (χ0) is 21.3. The molecule has 4 rings (SSSR count). The normalized spacial score (nSPS) is 20.5. The number of ether oxygens (including phenoxy) is 2. The maximum atomic E-state index is 12.8. The largest absolute Gasteiger partial charge is 0.486 e.